The molecule has 3 aliphatic heterocycles. The molecule has 1 aromatic carbocycles. The second kappa shape index (κ2) is 7.11. The minimum Gasteiger partial charge on any atom is -0.595 e. The molecular weight excluding hydrogens is 358 g/mol. The molecule has 0 bridgehead atoms. The summed E-state index contributed by atoms with van der Waals surface area (Å²) >= 11 is 0. The largest absolute Gasteiger partial charge is 0.595 e. The quantitative estimate of drug-likeness (QED) is 0.771. The van der Waals surface area contributed by atoms with Crippen LogP contribution in [-0.2, 0) is 17.9 Å². The van der Waals surface area contributed by atoms with Crippen molar-refractivity contribution in [3.63, 3.8) is 0 Å². The lowest BCUT2D eigenvalue weighted by Crippen LogP contribution is -2.99. The van der Waals surface area contributed by atoms with Crippen molar-refractivity contribution in [2.45, 2.75) is 51.2 Å². The van der Waals surface area contributed by atoms with Crippen LogP contribution in [0.25, 0.3) is 11.0 Å². The fourth-order valence-electron chi connectivity index (χ4n) is 5.34. The Kier molecular flexibility index (Phi) is 4.59. The zero-order valence-corrected chi connectivity index (χ0v) is 16.0. The third-order valence-corrected chi connectivity index (χ3v) is 6.74. The zero-order valence-electron chi connectivity index (χ0n) is 16.0. The van der Waals surface area contributed by atoms with Crippen LogP contribution in [0.1, 0.15) is 37.9 Å². The average molecular weight is 385 g/mol. The molecule has 0 saturated carbocycles. The van der Waals surface area contributed by atoms with Gasteiger partial charge >= 0.3 is 0 Å². The lowest BCUT2D eigenvalue weighted by molar-refractivity contribution is -0.991. The predicted octanol–water partition coefficient (Wildman–Crippen LogP) is 1.05. The lowest BCUT2D eigenvalue weighted by atomic mass is 9.83. The normalized spacial score (nSPS) is 26.9. The first-order valence-corrected chi connectivity index (χ1v) is 10.3. The monoisotopic (exact) mass is 385 g/mol. The number of amides is 1. The van der Waals surface area contributed by atoms with Gasteiger partial charge in [-0.25, -0.2) is 10.2 Å². The Labute approximate surface area is 163 Å². The summed E-state index contributed by atoms with van der Waals surface area (Å²) in [6.45, 7) is 4.02. The summed E-state index contributed by atoms with van der Waals surface area (Å²) in [4.78, 5) is 22.1. The van der Waals surface area contributed by atoms with Gasteiger partial charge in [0.2, 0.25) is 5.91 Å². The van der Waals surface area contributed by atoms with Gasteiger partial charge in [0.05, 0.1) is 17.6 Å². The Morgan fingerprint density at radius 1 is 1.18 bits per heavy atom. The molecule has 2 N–H and O–H groups in total. The van der Waals surface area contributed by atoms with Crippen LogP contribution in [0, 0.1) is 11.1 Å². The smallest absolute Gasteiger partial charge is 0.242 e. The number of benzene rings is 1. The second-order valence-electron chi connectivity index (χ2n) is 8.40. The molecule has 1 amide bonds. The maximum atomic E-state index is 12.9. The van der Waals surface area contributed by atoms with Gasteiger partial charge in [-0.3, -0.25) is 4.79 Å². The van der Waals surface area contributed by atoms with Crippen LogP contribution in [0.3, 0.4) is 0 Å². The van der Waals surface area contributed by atoms with Gasteiger partial charge < -0.3 is 19.6 Å². The van der Waals surface area contributed by atoms with E-state index in [1.165, 1.54) is 45.2 Å². The molecule has 0 radical (unpaired) electrons. The maximum Gasteiger partial charge on any atom is 0.242 e. The predicted molar refractivity (Wildman–Crippen MR) is 103 cm³/mol. The van der Waals surface area contributed by atoms with E-state index in [0.29, 0.717) is 30.6 Å². The average Bonchev–Trinajstić information content (AvgIpc) is 3.05. The van der Waals surface area contributed by atoms with Crippen molar-refractivity contribution in [3.8, 4) is 0 Å². The third-order valence-electron chi connectivity index (χ3n) is 6.74. The molecule has 28 heavy (non-hydrogen) atoms. The van der Waals surface area contributed by atoms with Gasteiger partial charge in [-0.2, -0.15) is 5.23 Å². The topological polar surface area (TPSA) is 89.1 Å². The van der Waals surface area contributed by atoms with Gasteiger partial charge in [0.15, 0.2) is 5.69 Å². The number of nitrogens with one attached hydrogen (secondary N) is 1. The van der Waals surface area contributed by atoms with E-state index in [1.807, 2.05) is 9.47 Å². The molecule has 1 aromatic heterocycles. The molecule has 2 aromatic rings. The highest BCUT2D eigenvalue weighted by Crippen LogP contribution is 2.32. The van der Waals surface area contributed by atoms with E-state index in [4.69, 9.17) is 0 Å². The minimum absolute atomic E-state index is 0.141. The van der Waals surface area contributed by atoms with Gasteiger partial charge in [0, 0.05) is 24.7 Å². The van der Waals surface area contributed by atoms with Crippen LogP contribution in [0.4, 0.5) is 5.69 Å². The van der Waals surface area contributed by atoms with E-state index >= 15 is 0 Å². The third kappa shape index (κ3) is 3.10. The van der Waals surface area contributed by atoms with Gasteiger partial charge in [-0.05, 0) is 50.8 Å². The highest BCUT2D eigenvalue weighted by molar-refractivity contribution is 5.84. The molecular formula is C20H27N5O3. The van der Waals surface area contributed by atoms with Crippen LogP contribution in [0.15, 0.2) is 18.2 Å². The lowest BCUT2D eigenvalue weighted by Gasteiger charge is -2.46. The van der Waals surface area contributed by atoms with Crippen molar-refractivity contribution in [2.75, 3.05) is 19.6 Å². The molecule has 5 rings (SSSR count). The molecule has 0 spiro atoms. The first-order chi connectivity index (χ1) is 13.6. The van der Waals surface area contributed by atoms with Crippen molar-refractivity contribution in [3.05, 3.63) is 29.2 Å². The molecule has 2 saturated heterocycles. The Bertz CT molecular complexity index is 893. The van der Waals surface area contributed by atoms with Gasteiger partial charge in [0.25, 0.3) is 0 Å². The van der Waals surface area contributed by atoms with Crippen molar-refractivity contribution in [1.29, 1.82) is 0 Å². The summed E-state index contributed by atoms with van der Waals surface area (Å²) in [5, 5.41) is 19.5. The van der Waals surface area contributed by atoms with Crippen LogP contribution in [-0.4, -0.2) is 56.1 Å². The fraction of sp³-hybridized carbons (Fsp3) is 0.600. The van der Waals surface area contributed by atoms with E-state index in [1.54, 1.807) is 18.2 Å². The van der Waals surface area contributed by atoms with Crippen molar-refractivity contribution in [2.24, 2.45) is 5.92 Å². The zero-order chi connectivity index (χ0) is 19.3. The molecule has 1 unspecified atom stereocenters. The first kappa shape index (κ1) is 18.1. The van der Waals surface area contributed by atoms with Gasteiger partial charge in [-0.15, -0.1) is 0 Å². The molecule has 4 heterocycles. The number of imidazole rings is 1. The first-order valence-electron chi connectivity index (χ1n) is 10.3. The summed E-state index contributed by atoms with van der Waals surface area (Å²) in [6, 6.07) is 5.56. The number of rotatable bonds is 3. The highest BCUT2D eigenvalue weighted by Gasteiger charge is 2.36. The summed E-state index contributed by atoms with van der Waals surface area (Å²) in [7, 11) is 0. The number of aromatic nitrogens is 2. The number of hydrogen-bond acceptors (Lipinski definition) is 5. The fourth-order valence-corrected chi connectivity index (χ4v) is 5.34. The van der Waals surface area contributed by atoms with Crippen molar-refractivity contribution in [1.82, 2.24) is 19.4 Å². The van der Waals surface area contributed by atoms with E-state index in [-0.39, 0.29) is 11.6 Å². The number of hydrogen-bond donors (Lipinski definition) is 2. The number of nitrogens with zero attached hydrogens (tertiary/aromatic N) is 4. The molecule has 0 aliphatic carbocycles. The summed E-state index contributed by atoms with van der Waals surface area (Å²) in [5.41, 5.74) is 1.72. The molecule has 150 valence electrons. The number of piperidine rings is 2. The number of quaternary nitrogens is 1. The summed E-state index contributed by atoms with van der Waals surface area (Å²) < 4.78 is 1.94. The van der Waals surface area contributed by atoms with E-state index < -0.39 is 5.23 Å². The molecule has 2 fully saturated rings. The van der Waals surface area contributed by atoms with Gasteiger partial charge in [-0.1, -0.05) is 6.42 Å². The van der Waals surface area contributed by atoms with E-state index in [9.17, 15) is 15.2 Å². The Balaban J connectivity index is 1.37. The standard InChI is InChI=1S/C20H27N5O3/c26-20-13-24-18-7-6-15(25(27)28)10-16(18)21-19(24)12-23(20)11-14-4-3-9-22-8-2-1-5-17(14)22/h6-7,10,14,17,25,27H,1-5,8-9,11-13H2/t14-,17+/m0/s1. The molecule has 8 heteroatoms. The van der Waals surface area contributed by atoms with Crippen LogP contribution < -0.4 is 5.23 Å². The van der Waals surface area contributed by atoms with Crippen molar-refractivity contribution >= 4 is 22.6 Å². The molecule has 3 atom stereocenters. The minimum atomic E-state index is -0.958. The Hall–Kier alpha value is -2.00. The summed E-state index contributed by atoms with van der Waals surface area (Å²) in [5.74, 6) is 1.54. The molecule has 3 aliphatic rings. The van der Waals surface area contributed by atoms with Crippen molar-refractivity contribution < 1.29 is 15.2 Å². The SMILES string of the molecule is O=C1Cn2c(nc3cc([NH+]([O-])O)ccc32)CN1C[C@@H]1CCCN2CCCC[C@H]12. The molecule has 8 nitrogen and oxygen atoms in total. The van der Waals surface area contributed by atoms with E-state index in [0.717, 1.165) is 17.9 Å². The maximum absolute atomic E-state index is 12.9. The van der Waals surface area contributed by atoms with E-state index in [2.05, 4.69) is 9.88 Å². The Morgan fingerprint density at radius 2 is 2.04 bits per heavy atom. The highest BCUT2D eigenvalue weighted by atomic mass is 16.8. The van der Waals surface area contributed by atoms with Gasteiger partial charge in [0.1, 0.15) is 12.4 Å². The van der Waals surface area contributed by atoms with Crippen LogP contribution >= 0.6 is 0 Å². The second-order valence-corrected chi connectivity index (χ2v) is 8.40. The Morgan fingerprint density at radius 3 is 2.89 bits per heavy atom. The summed E-state index contributed by atoms with van der Waals surface area (Å²) in [6.07, 6.45) is 6.27. The number of carbonyl (C=O) groups is 1. The van der Waals surface area contributed by atoms with Crippen LogP contribution in [0.5, 0.6) is 0 Å². The number of fused-ring (bicyclic) bond motifs is 4. The number of carbonyl (C=O) groups excluding carboxylic acids is 1. The van der Waals surface area contributed by atoms with Crippen LogP contribution in [0.2, 0.25) is 0 Å².